The van der Waals surface area contributed by atoms with E-state index in [0.717, 1.165) is 35.4 Å². The lowest BCUT2D eigenvalue weighted by Gasteiger charge is -2.13. The number of hydrogen-bond acceptors (Lipinski definition) is 3. The fourth-order valence-corrected chi connectivity index (χ4v) is 2.57. The van der Waals surface area contributed by atoms with Crippen molar-refractivity contribution in [2.75, 3.05) is 20.3 Å². The van der Waals surface area contributed by atoms with Gasteiger partial charge >= 0.3 is 0 Å². The van der Waals surface area contributed by atoms with E-state index < -0.39 is 0 Å². The first kappa shape index (κ1) is 17.9. The molecule has 2 rings (SSSR count). The molecule has 0 saturated heterocycles. The Hall–Kier alpha value is -1.43. The van der Waals surface area contributed by atoms with Crippen LogP contribution in [0.4, 0.5) is 4.39 Å². The van der Waals surface area contributed by atoms with Crippen molar-refractivity contribution < 1.29 is 13.9 Å². The average molecular weight is 382 g/mol. The van der Waals surface area contributed by atoms with Crippen LogP contribution < -0.4 is 10.1 Å². The summed E-state index contributed by atoms with van der Waals surface area (Å²) in [6.07, 6.45) is 0.954. The van der Waals surface area contributed by atoms with Crippen LogP contribution in [0.15, 0.2) is 46.9 Å². The molecule has 5 heteroatoms. The van der Waals surface area contributed by atoms with E-state index in [-0.39, 0.29) is 12.4 Å². The summed E-state index contributed by atoms with van der Waals surface area (Å²) < 4.78 is 25.5. The molecule has 2 aromatic rings. The van der Waals surface area contributed by atoms with Gasteiger partial charge in [-0.1, -0.05) is 34.1 Å². The molecule has 0 radical (unpaired) electrons. The fourth-order valence-electron chi connectivity index (χ4n) is 2.16. The zero-order chi connectivity index (χ0) is 16.5. The Bertz CT molecular complexity index is 622. The summed E-state index contributed by atoms with van der Waals surface area (Å²) in [6, 6.07) is 12.5. The highest BCUT2D eigenvalue weighted by atomic mass is 79.9. The second kappa shape index (κ2) is 9.65. The maximum absolute atomic E-state index is 13.7. The molecule has 23 heavy (non-hydrogen) atoms. The van der Waals surface area contributed by atoms with Gasteiger partial charge in [0.25, 0.3) is 0 Å². The highest BCUT2D eigenvalue weighted by molar-refractivity contribution is 9.10. The summed E-state index contributed by atoms with van der Waals surface area (Å²) in [7, 11) is 1.70. The van der Waals surface area contributed by atoms with Crippen molar-refractivity contribution in [3.8, 4) is 5.75 Å². The second-order valence-corrected chi connectivity index (χ2v) is 6.07. The topological polar surface area (TPSA) is 30.5 Å². The van der Waals surface area contributed by atoms with Gasteiger partial charge in [0.15, 0.2) is 0 Å². The minimum Gasteiger partial charge on any atom is -0.488 e. The van der Waals surface area contributed by atoms with E-state index >= 15 is 0 Å². The Kier molecular flexibility index (Phi) is 7.52. The summed E-state index contributed by atoms with van der Waals surface area (Å²) in [5.41, 5.74) is 1.59. The number of benzene rings is 2. The average Bonchev–Trinajstić information content (AvgIpc) is 2.55. The van der Waals surface area contributed by atoms with Crippen LogP contribution >= 0.6 is 15.9 Å². The molecule has 0 bridgehead atoms. The van der Waals surface area contributed by atoms with Gasteiger partial charge in [-0.3, -0.25) is 0 Å². The highest BCUT2D eigenvalue weighted by Crippen LogP contribution is 2.24. The Morgan fingerprint density at radius 3 is 2.74 bits per heavy atom. The van der Waals surface area contributed by atoms with E-state index in [2.05, 4.69) is 21.2 Å². The third kappa shape index (κ3) is 5.94. The predicted molar refractivity (Wildman–Crippen MR) is 93.1 cm³/mol. The molecule has 0 spiro atoms. The minimum atomic E-state index is -0.246. The normalized spacial score (nSPS) is 10.7. The standard InChI is InChI=1S/C18H21BrFNO2/c1-22-10-4-9-21-12-15-11-16(19)7-8-18(15)23-13-14-5-2-3-6-17(14)20/h2-3,5-8,11,21H,4,9-10,12-13H2,1H3. The third-order valence-corrected chi connectivity index (χ3v) is 3.87. The van der Waals surface area contributed by atoms with E-state index in [4.69, 9.17) is 9.47 Å². The molecule has 0 aliphatic carbocycles. The Morgan fingerprint density at radius 2 is 1.96 bits per heavy atom. The first-order valence-corrected chi connectivity index (χ1v) is 8.34. The number of rotatable bonds is 9. The van der Waals surface area contributed by atoms with Crippen LogP contribution in [-0.2, 0) is 17.9 Å². The van der Waals surface area contributed by atoms with Crippen LogP contribution in [0.2, 0.25) is 0 Å². The number of halogens is 2. The van der Waals surface area contributed by atoms with Crippen molar-refractivity contribution in [1.82, 2.24) is 5.32 Å². The summed E-state index contributed by atoms with van der Waals surface area (Å²) in [5.74, 6) is 0.513. The van der Waals surface area contributed by atoms with Gasteiger partial charge in [0.05, 0.1) is 0 Å². The quantitative estimate of drug-likeness (QED) is 0.657. The van der Waals surface area contributed by atoms with E-state index in [1.165, 1.54) is 6.07 Å². The van der Waals surface area contributed by atoms with Crippen molar-refractivity contribution in [1.29, 1.82) is 0 Å². The fraction of sp³-hybridized carbons (Fsp3) is 0.333. The molecule has 0 fully saturated rings. The molecular formula is C18H21BrFNO2. The predicted octanol–water partition coefficient (Wildman–Crippen LogP) is 4.29. The van der Waals surface area contributed by atoms with Crippen LogP contribution in [0.25, 0.3) is 0 Å². The van der Waals surface area contributed by atoms with E-state index in [1.807, 2.05) is 24.3 Å². The SMILES string of the molecule is COCCCNCc1cc(Br)ccc1OCc1ccccc1F. The molecule has 0 aliphatic heterocycles. The molecule has 0 atom stereocenters. The minimum absolute atomic E-state index is 0.213. The molecule has 0 unspecified atom stereocenters. The van der Waals surface area contributed by atoms with Crippen LogP contribution in [-0.4, -0.2) is 20.3 Å². The van der Waals surface area contributed by atoms with Gasteiger partial charge in [-0.25, -0.2) is 4.39 Å². The summed E-state index contributed by atoms with van der Waals surface area (Å²) >= 11 is 3.47. The van der Waals surface area contributed by atoms with Crippen LogP contribution in [0.1, 0.15) is 17.5 Å². The molecule has 124 valence electrons. The van der Waals surface area contributed by atoms with Gasteiger partial charge in [-0.15, -0.1) is 0 Å². The van der Waals surface area contributed by atoms with Crippen molar-refractivity contribution in [3.63, 3.8) is 0 Å². The molecule has 0 aromatic heterocycles. The largest absolute Gasteiger partial charge is 0.488 e. The number of methoxy groups -OCH3 is 1. The van der Waals surface area contributed by atoms with Gasteiger partial charge in [-0.05, 0) is 37.2 Å². The second-order valence-electron chi connectivity index (χ2n) is 5.16. The third-order valence-electron chi connectivity index (χ3n) is 3.38. The molecule has 0 heterocycles. The van der Waals surface area contributed by atoms with Gasteiger partial charge in [0.1, 0.15) is 18.2 Å². The number of ether oxygens (including phenoxy) is 2. The molecule has 0 amide bonds. The zero-order valence-corrected chi connectivity index (χ0v) is 14.7. The Morgan fingerprint density at radius 1 is 1.13 bits per heavy atom. The highest BCUT2D eigenvalue weighted by Gasteiger charge is 2.07. The maximum atomic E-state index is 13.7. The smallest absolute Gasteiger partial charge is 0.129 e. The monoisotopic (exact) mass is 381 g/mol. The van der Waals surface area contributed by atoms with Crippen molar-refractivity contribution in [2.45, 2.75) is 19.6 Å². The Balaban J connectivity index is 1.96. The first-order chi connectivity index (χ1) is 11.2. The van der Waals surface area contributed by atoms with Crippen molar-refractivity contribution >= 4 is 15.9 Å². The van der Waals surface area contributed by atoms with Gasteiger partial charge in [0.2, 0.25) is 0 Å². The van der Waals surface area contributed by atoms with E-state index in [0.29, 0.717) is 12.1 Å². The summed E-state index contributed by atoms with van der Waals surface area (Å²) in [6.45, 7) is 2.51. The number of nitrogens with one attached hydrogen (secondary N) is 1. The van der Waals surface area contributed by atoms with Gasteiger partial charge in [0, 0.05) is 35.9 Å². The van der Waals surface area contributed by atoms with E-state index in [9.17, 15) is 4.39 Å². The van der Waals surface area contributed by atoms with Crippen molar-refractivity contribution in [3.05, 3.63) is 63.9 Å². The maximum Gasteiger partial charge on any atom is 0.129 e. The van der Waals surface area contributed by atoms with Crippen LogP contribution in [0, 0.1) is 5.82 Å². The first-order valence-electron chi connectivity index (χ1n) is 7.55. The lowest BCUT2D eigenvalue weighted by Crippen LogP contribution is -2.16. The lowest BCUT2D eigenvalue weighted by atomic mass is 10.2. The zero-order valence-electron chi connectivity index (χ0n) is 13.1. The van der Waals surface area contributed by atoms with E-state index in [1.54, 1.807) is 19.2 Å². The molecule has 0 saturated carbocycles. The number of hydrogen-bond donors (Lipinski definition) is 1. The lowest BCUT2D eigenvalue weighted by molar-refractivity contribution is 0.194. The summed E-state index contributed by atoms with van der Waals surface area (Å²) in [4.78, 5) is 0. The molecular weight excluding hydrogens is 361 g/mol. The van der Waals surface area contributed by atoms with Crippen molar-refractivity contribution in [2.24, 2.45) is 0 Å². The van der Waals surface area contributed by atoms with Crippen LogP contribution in [0.3, 0.4) is 0 Å². The summed E-state index contributed by atoms with van der Waals surface area (Å²) in [5, 5.41) is 3.36. The van der Waals surface area contributed by atoms with Crippen LogP contribution in [0.5, 0.6) is 5.75 Å². The molecule has 3 nitrogen and oxygen atoms in total. The van der Waals surface area contributed by atoms with Gasteiger partial charge < -0.3 is 14.8 Å². The molecule has 1 N–H and O–H groups in total. The van der Waals surface area contributed by atoms with Gasteiger partial charge in [-0.2, -0.15) is 0 Å². The molecule has 0 aliphatic rings. The Labute approximate surface area is 144 Å². The molecule has 2 aromatic carbocycles.